The van der Waals surface area contributed by atoms with Gasteiger partial charge in [0.25, 0.3) is 0 Å². The Hall–Kier alpha value is -0.780. The Balaban J connectivity index is 1.79. The lowest BCUT2D eigenvalue weighted by Gasteiger charge is -2.28. The average Bonchev–Trinajstić information content (AvgIpc) is 2.52. The molecular weight excluding hydrogens is 240 g/mol. The second-order valence-electron chi connectivity index (χ2n) is 6.68. The van der Waals surface area contributed by atoms with Gasteiger partial charge in [0.2, 0.25) is 0 Å². The molecule has 1 aliphatic rings. The van der Waals surface area contributed by atoms with Crippen LogP contribution in [0.3, 0.4) is 0 Å². The monoisotopic (exact) mass is 272 g/mol. The Bertz CT molecular complexity index is 354. The van der Waals surface area contributed by atoms with Crippen LogP contribution in [0, 0.1) is 5.92 Å². The van der Waals surface area contributed by atoms with Crippen LogP contribution in [-0.2, 0) is 6.42 Å². The van der Waals surface area contributed by atoms with E-state index in [-0.39, 0.29) is 0 Å². The molecule has 0 N–H and O–H groups in total. The Kier molecular flexibility index (Phi) is 6.63. The van der Waals surface area contributed by atoms with Gasteiger partial charge in [0.15, 0.2) is 0 Å². The van der Waals surface area contributed by atoms with E-state index in [1.165, 1.54) is 69.8 Å². The van der Waals surface area contributed by atoms with Gasteiger partial charge in [-0.1, -0.05) is 63.8 Å². The highest BCUT2D eigenvalue weighted by molar-refractivity contribution is 5.25. The summed E-state index contributed by atoms with van der Waals surface area (Å²) in [6.07, 6.45) is 13.8. The van der Waals surface area contributed by atoms with Crippen LogP contribution in [0.4, 0.5) is 0 Å². The van der Waals surface area contributed by atoms with Crippen LogP contribution in [0.1, 0.15) is 88.7 Å². The molecule has 0 radical (unpaired) electrons. The van der Waals surface area contributed by atoms with Crippen molar-refractivity contribution >= 4 is 0 Å². The number of rotatable bonds is 7. The first-order valence-electron chi connectivity index (χ1n) is 8.92. The van der Waals surface area contributed by atoms with E-state index in [1.807, 2.05) is 0 Å². The second kappa shape index (κ2) is 8.49. The molecule has 1 aromatic carbocycles. The van der Waals surface area contributed by atoms with Crippen molar-refractivity contribution in [2.75, 3.05) is 0 Å². The van der Waals surface area contributed by atoms with Crippen molar-refractivity contribution in [1.82, 2.24) is 0 Å². The maximum Gasteiger partial charge on any atom is -0.0162 e. The van der Waals surface area contributed by atoms with Gasteiger partial charge >= 0.3 is 0 Å². The average molecular weight is 272 g/mol. The molecule has 0 heteroatoms. The highest BCUT2D eigenvalue weighted by Gasteiger charge is 2.20. The molecule has 0 aliphatic heterocycles. The molecule has 0 nitrogen and oxygen atoms in total. The lowest BCUT2D eigenvalue weighted by Crippen LogP contribution is -2.12. The lowest BCUT2D eigenvalue weighted by atomic mass is 9.78. The second-order valence-corrected chi connectivity index (χ2v) is 6.68. The normalized spacial score (nSPS) is 22.9. The molecule has 0 aromatic heterocycles. The minimum Gasteiger partial charge on any atom is -0.0654 e. The summed E-state index contributed by atoms with van der Waals surface area (Å²) in [6.45, 7) is 4.63. The van der Waals surface area contributed by atoms with E-state index >= 15 is 0 Å². The van der Waals surface area contributed by atoms with Crippen LogP contribution in [0.25, 0.3) is 0 Å². The summed E-state index contributed by atoms with van der Waals surface area (Å²) in [7, 11) is 0. The van der Waals surface area contributed by atoms with Crippen LogP contribution >= 0.6 is 0 Å². The minimum absolute atomic E-state index is 0.840. The van der Waals surface area contributed by atoms with Gasteiger partial charge in [-0.2, -0.15) is 0 Å². The number of aryl methyl sites for hydroxylation is 1. The van der Waals surface area contributed by atoms with Gasteiger partial charge in [-0.25, -0.2) is 0 Å². The van der Waals surface area contributed by atoms with Crippen molar-refractivity contribution in [1.29, 1.82) is 0 Å². The largest absolute Gasteiger partial charge is 0.0654 e. The van der Waals surface area contributed by atoms with E-state index in [9.17, 15) is 0 Å². The zero-order valence-corrected chi connectivity index (χ0v) is 13.5. The molecule has 1 aromatic rings. The first-order chi connectivity index (χ1) is 9.83. The third kappa shape index (κ3) is 4.65. The molecule has 0 saturated heterocycles. The molecule has 1 saturated carbocycles. The predicted octanol–water partition coefficient (Wildman–Crippen LogP) is 6.49. The van der Waals surface area contributed by atoms with Crippen LogP contribution in [0.15, 0.2) is 24.3 Å². The SMILES string of the molecule is CCCCCCc1ccc(C2CCC(CC)CC2)cc1. The van der Waals surface area contributed by atoms with E-state index < -0.39 is 0 Å². The van der Waals surface area contributed by atoms with Gasteiger partial charge < -0.3 is 0 Å². The highest BCUT2D eigenvalue weighted by Crippen LogP contribution is 2.36. The third-order valence-corrected chi connectivity index (χ3v) is 5.19. The van der Waals surface area contributed by atoms with Gasteiger partial charge in [0.1, 0.15) is 0 Å². The first-order valence-corrected chi connectivity index (χ1v) is 8.92. The maximum absolute atomic E-state index is 2.41. The molecular formula is C20H32. The summed E-state index contributed by atoms with van der Waals surface area (Å²) >= 11 is 0. The fourth-order valence-corrected chi connectivity index (χ4v) is 3.62. The van der Waals surface area contributed by atoms with Gasteiger partial charge in [0, 0.05) is 0 Å². The minimum atomic E-state index is 0.840. The number of hydrogen-bond donors (Lipinski definition) is 0. The summed E-state index contributed by atoms with van der Waals surface area (Å²) in [5.74, 6) is 1.84. The summed E-state index contributed by atoms with van der Waals surface area (Å²) in [6, 6.07) is 9.58. The van der Waals surface area contributed by atoms with Gasteiger partial charge in [-0.15, -0.1) is 0 Å². The fourth-order valence-electron chi connectivity index (χ4n) is 3.62. The van der Waals surface area contributed by atoms with E-state index in [0.717, 1.165) is 11.8 Å². The number of benzene rings is 1. The molecule has 0 amide bonds. The quantitative estimate of drug-likeness (QED) is 0.497. The topological polar surface area (TPSA) is 0 Å². The maximum atomic E-state index is 2.41. The molecule has 0 unspecified atom stereocenters. The Morgan fingerprint density at radius 3 is 2.15 bits per heavy atom. The van der Waals surface area contributed by atoms with Crippen molar-refractivity contribution in [3.8, 4) is 0 Å². The van der Waals surface area contributed by atoms with Gasteiger partial charge in [0.05, 0.1) is 0 Å². The van der Waals surface area contributed by atoms with E-state index in [4.69, 9.17) is 0 Å². The smallest absolute Gasteiger partial charge is 0.0162 e. The first kappa shape index (κ1) is 15.6. The van der Waals surface area contributed by atoms with E-state index in [1.54, 1.807) is 5.56 Å². The van der Waals surface area contributed by atoms with E-state index in [2.05, 4.69) is 38.1 Å². The van der Waals surface area contributed by atoms with Gasteiger partial charge in [-0.3, -0.25) is 0 Å². The van der Waals surface area contributed by atoms with Crippen LogP contribution in [-0.4, -0.2) is 0 Å². The number of unbranched alkanes of at least 4 members (excludes halogenated alkanes) is 3. The molecule has 1 aliphatic carbocycles. The molecule has 112 valence electrons. The van der Waals surface area contributed by atoms with Crippen molar-refractivity contribution in [2.24, 2.45) is 5.92 Å². The Morgan fingerprint density at radius 2 is 1.55 bits per heavy atom. The van der Waals surface area contributed by atoms with Crippen molar-refractivity contribution in [3.63, 3.8) is 0 Å². The van der Waals surface area contributed by atoms with Crippen molar-refractivity contribution in [3.05, 3.63) is 35.4 Å². The predicted molar refractivity (Wildman–Crippen MR) is 89.3 cm³/mol. The van der Waals surface area contributed by atoms with Crippen molar-refractivity contribution in [2.45, 2.75) is 84.0 Å². The molecule has 0 atom stereocenters. The van der Waals surface area contributed by atoms with Gasteiger partial charge in [-0.05, 0) is 61.5 Å². The fraction of sp³-hybridized carbons (Fsp3) is 0.700. The van der Waals surface area contributed by atoms with Crippen LogP contribution in [0.2, 0.25) is 0 Å². The summed E-state index contributed by atoms with van der Waals surface area (Å²) < 4.78 is 0. The molecule has 0 heterocycles. The van der Waals surface area contributed by atoms with Crippen molar-refractivity contribution < 1.29 is 0 Å². The standard InChI is InChI=1S/C20H32/c1-3-5-6-7-8-18-11-15-20(16-12-18)19-13-9-17(4-2)10-14-19/h11-12,15-17,19H,3-10,13-14H2,1-2H3. The summed E-state index contributed by atoms with van der Waals surface area (Å²) in [5.41, 5.74) is 3.13. The van der Waals surface area contributed by atoms with Crippen LogP contribution in [0.5, 0.6) is 0 Å². The molecule has 20 heavy (non-hydrogen) atoms. The van der Waals surface area contributed by atoms with Crippen LogP contribution < -0.4 is 0 Å². The molecule has 2 rings (SSSR count). The molecule has 0 spiro atoms. The Morgan fingerprint density at radius 1 is 0.850 bits per heavy atom. The Labute approximate surface area is 126 Å². The molecule has 0 bridgehead atoms. The zero-order valence-electron chi connectivity index (χ0n) is 13.5. The summed E-state index contributed by atoms with van der Waals surface area (Å²) in [5, 5.41) is 0. The number of hydrogen-bond acceptors (Lipinski definition) is 0. The van der Waals surface area contributed by atoms with E-state index in [0.29, 0.717) is 0 Å². The lowest BCUT2D eigenvalue weighted by molar-refractivity contribution is 0.319. The summed E-state index contributed by atoms with van der Waals surface area (Å²) in [4.78, 5) is 0. The highest BCUT2D eigenvalue weighted by atomic mass is 14.3. The zero-order chi connectivity index (χ0) is 14.2. The molecule has 1 fully saturated rings. The third-order valence-electron chi connectivity index (χ3n) is 5.19.